The Hall–Kier alpha value is -3.07. The third-order valence-electron chi connectivity index (χ3n) is 4.91. The molecule has 0 saturated heterocycles. The van der Waals surface area contributed by atoms with Crippen LogP contribution in [0.15, 0.2) is 36.7 Å². The Kier molecular flexibility index (Phi) is 5.66. The van der Waals surface area contributed by atoms with E-state index in [0.717, 1.165) is 30.7 Å². The Bertz CT molecular complexity index is 1000. The summed E-state index contributed by atoms with van der Waals surface area (Å²) in [5, 5.41) is 19.0. The highest BCUT2D eigenvalue weighted by atomic mass is 32.1. The molecule has 0 bridgehead atoms. The molecule has 8 nitrogen and oxygen atoms in total. The van der Waals surface area contributed by atoms with Crippen molar-refractivity contribution in [1.29, 1.82) is 0 Å². The average Bonchev–Trinajstić information content (AvgIpc) is 3.38. The lowest BCUT2D eigenvalue weighted by Crippen LogP contribution is -2.24. The van der Waals surface area contributed by atoms with Crippen molar-refractivity contribution in [3.05, 3.63) is 67.9 Å². The Morgan fingerprint density at radius 1 is 1.24 bits per heavy atom. The lowest BCUT2D eigenvalue weighted by molar-refractivity contribution is -0.384. The molecular weight excluding hydrogens is 390 g/mol. The fourth-order valence-electron chi connectivity index (χ4n) is 3.36. The van der Waals surface area contributed by atoms with Crippen molar-refractivity contribution in [3.8, 4) is 5.69 Å². The zero-order valence-electron chi connectivity index (χ0n) is 15.8. The average molecular weight is 411 g/mol. The maximum absolute atomic E-state index is 12.3. The zero-order chi connectivity index (χ0) is 20.2. The number of fused-ring (bicyclic) bond motifs is 1. The molecule has 0 radical (unpaired) electrons. The summed E-state index contributed by atoms with van der Waals surface area (Å²) < 4.78 is 1.53. The second kappa shape index (κ2) is 8.52. The van der Waals surface area contributed by atoms with Gasteiger partial charge in [0.15, 0.2) is 0 Å². The molecule has 3 aromatic rings. The zero-order valence-corrected chi connectivity index (χ0v) is 16.7. The van der Waals surface area contributed by atoms with Crippen LogP contribution < -0.4 is 5.32 Å². The van der Waals surface area contributed by atoms with Gasteiger partial charge in [-0.05, 0) is 44.2 Å². The normalized spacial score (nSPS) is 13.1. The van der Waals surface area contributed by atoms with Gasteiger partial charge in [0, 0.05) is 36.2 Å². The summed E-state index contributed by atoms with van der Waals surface area (Å²) in [5.74, 6) is -0.184. The number of carbonyl (C=O) groups is 1. The van der Waals surface area contributed by atoms with Crippen LogP contribution in [-0.4, -0.2) is 32.1 Å². The van der Waals surface area contributed by atoms with Gasteiger partial charge >= 0.3 is 0 Å². The molecule has 0 atom stereocenters. The molecule has 0 aliphatic heterocycles. The maximum Gasteiger partial charge on any atom is 0.269 e. The van der Waals surface area contributed by atoms with Crippen molar-refractivity contribution in [1.82, 2.24) is 20.1 Å². The fourth-order valence-corrected chi connectivity index (χ4v) is 4.56. The van der Waals surface area contributed by atoms with Crippen LogP contribution in [0.5, 0.6) is 0 Å². The first-order valence-electron chi connectivity index (χ1n) is 9.65. The van der Waals surface area contributed by atoms with Gasteiger partial charge in [0.1, 0.15) is 0 Å². The third-order valence-corrected chi connectivity index (χ3v) is 6.13. The van der Waals surface area contributed by atoms with Crippen LogP contribution in [0.4, 0.5) is 5.69 Å². The Morgan fingerprint density at radius 2 is 2.03 bits per heavy atom. The van der Waals surface area contributed by atoms with Gasteiger partial charge in [-0.15, -0.1) is 11.3 Å². The lowest BCUT2D eigenvalue weighted by atomic mass is 10.0. The maximum atomic E-state index is 12.3. The molecule has 1 aromatic carbocycles. The molecule has 0 saturated carbocycles. The monoisotopic (exact) mass is 411 g/mol. The molecule has 9 heteroatoms. The summed E-state index contributed by atoms with van der Waals surface area (Å²) >= 11 is 1.81. The predicted octanol–water partition coefficient (Wildman–Crippen LogP) is 3.48. The van der Waals surface area contributed by atoms with Gasteiger partial charge in [-0.2, -0.15) is 5.10 Å². The predicted molar refractivity (Wildman–Crippen MR) is 110 cm³/mol. The molecule has 0 unspecified atom stereocenters. The molecule has 4 rings (SSSR count). The van der Waals surface area contributed by atoms with Crippen LogP contribution in [0.1, 0.15) is 45.2 Å². The SMILES string of the molecule is O=C(NCCCc1nc2c(s1)CCCC2)c1cnn(-c2ccc([N+](=O)[O-])cc2)c1. The van der Waals surface area contributed by atoms with Gasteiger partial charge in [0.25, 0.3) is 11.6 Å². The van der Waals surface area contributed by atoms with Crippen LogP contribution in [0, 0.1) is 10.1 Å². The summed E-state index contributed by atoms with van der Waals surface area (Å²) in [4.78, 5) is 28.8. The van der Waals surface area contributed by atoms with E-state index in [0.29, 0.717) is 17.8 Å². The molecule has 2 aromatic heterocycles. The van der Waals surface area contributed by atoms with Crippen molar-refractivity contribution in [3.63, 3.8) is 0 Å². The van der Waals surface area contributed by atoms with Gasteiger partial charge in [0.05, 0.1) is 33.1 Å². The van der Waals surface area contributed by atoms with Gasteiger partial charge in [-0.25, -0.2) is 9.67 Å². The third kappa shape index (κ3) is 4.51. The summed E-state index contributed by atoms with van der Waals surface area (Å²) in [5.41, 5.74) is 2.40. The molecular formula is C20H21N5O3S. The second-order valence-corrected chi connectivity index (χ2v) is 8.16. The Balaban J connectivity index is 1.28. The number of non-ortho nitro benzene ring substituents is 1. The molecule has 29 heavy (non-hydrogen) atoms. The number of nitro groups is 1. The minimum absolute atomic E-state index is 0.0138. The summed E-state index contributed by atoms with van der Waals surface area (Å²) in [6.07, 6.45) is 9.58. The number of nitrogens with zero attached hydrogens (tertiary/aromatic N) is 4. The number of rotatable bonds is 7. The number of aryl methyl sites for hydroxylation is 3. The van der Waals surface area contributed by atoms with Crippen LogP contribution >= 0.6 is 11.3 Å². The van der Waals surface area contributed by atoms with Gasteiger partial charge < -0.3 is 5.32 Å². The van der Waals surface area contributed by atoms with E-state index >= 15 is 0 Å². The fraction of sp³-hybridized carbons (Fsp3) is 0.350. The van der Waals surface area contributed by atoms with Crippen molar-refractivity contribution in [2.45, 2.75) is 38.5 Å². The first-order chi connectivity index (χ1) is 14.1. The van der Waals surface area contributed by atoms with Crippen molar-refractivity contribution < 1.29 is 9.72 Å². The second-order valence-electron chi connectivity index (χ2n) is 6.99. The summed E-state index contributed by atoms with van der Waals surface area (Å²) in [7, 11) is 0. The standard InChI is InChI=1S/C20H21N5O3S/c26-20(21-11-3-6-19-23-17-4-1-2-5-18(17)29-19)14-12-22-24(13-14)15-7-9-16(10-8-15)25(27)28/h7-10,12-13H,1-6,11H2,(H,21,26). The van der Waals surface area contributed by atoms with Crippen LogP contribution in [0.25, 0.3) is 5.69 Å². The van der Waals surface area contributed by atoms with E-state index < -0.39 is 4.92 Å². The minimum atomic E-state index is -0.452. The number of aromatic nitrogens is 3. The van der Waals surface area contributed by atoms with Gasteiger partial charge in [-0.3, -0.25) is 14.9 Å². The van der Waals surface area contributed by atoms with E-state index in [1.807, 2.05) is 11.3 Å². The van der Waals surface area contributed by atoms with Crippen molar-refractivity contribution in [2.75, 3.05) is 6.54 Å². The molecule has 2 heterocycles. The smallest absolute Gasteiger partial charge is 0.269 e. The highest BCUT2D eigenvalue weighted by molar-refractivity contribution is 7.11. The van der Waals surface area contributed by atoms with Crippen molar-refractivity contribution >= 4 is 22.9 Å². The number of carbonyl (C=O) groups excluding carboxylic acids is 1. The van der Waals surface area contributed by atoms with E-state index in [4.69, 9.17) is 4.98 Å². The number of hydrogen-bond acceptors (Lipinski definition) is 6. The Morgan fingerprint density at radius 3 is 2.79 bits per heavy atom. The number of hydrogen-bond donors (Lipinski definition) is 1. The first-order valence-corrected chi connectivity index (χ1v) is 10.5. The number of amides is 1. The number of benzene rings is 1. The van der Waals surface area contributed by atoms with Crippen LogP contribution in [0.3, 0.4) is 0 Å². The topological polar surface area (TPSA) is 103 Å². The number of nitro benzene ring substituents is 1. The van der Waals surface area contributed by atoms with E-state index in [1.54, 1.807) is 18.3 Å². The molecule has 1 N–H and O–H groups in total. The quantitative estimate of drug-likeness (QED) is 0.364. The molecule has 1 amide bonds. The lowest BCUT2D eigenvalue weighted by Gasteiger charge is -2.06. The minimum Gasteiger partial charge on any atom is -0.352 e. The number of thiazole rings is 1. The van der Waals surface area contributed by atoms with Crippen molar-refractivity contribution in [2.24, 2.45) is 0 Å². The highest BCUT2D eigenvalue weighted by Gasteiger charge is 2.15. The van der Waals surface area contributed by atoms with Crippen LogP contribution in [0.2, 0.25) is 0 Å². The van der Waals surface area contributed by atoms with Crippen LogP contribution in [-0.2, 0) is 19.3 Å². The number of nitrogens with one attached hydrogen (secondary N) is 1. The van der Waals surface area contributed by atoms with E-state index in [-0.39, 0.29) is 11.6 Å². The van der Waals surface area contributed by atoms with Gasteiger partial charge in [-0.1, -0.05) is 0 Å². The van der Waals surface area contributed by atoms with E-state index in [1.165, 1.54) is 46.4 Å². The summed E-state index contributed by atoms with van der Waals surface area (Å²) in [6, 6.07) is 6.02. The highest BCUT2D eigenvalue weighted by Crippen LogP contribution is 2.27. The molecule has 0 spiro atoms. The molecule has 1 aliphatic carbocycles. The Labute approximate surface area is 171 Å². The molecule has 1 aliphatic rings. The molecule has 150 valence electrons. The van der Waals surface area contributed by atoms with E-state index in [2.05, 4.69) is 10.4 Å². The molecule has 0 fully saturated rings. The van der Waals surface area contributed by atoms with Gasteiger partial charge in [0.2, 0.25) is 0 Å². The summed E-state index contributed by atoms with van der Waals surface area (Å²) in [6.45, 7) is 0.575. The largest absolute Gasteiger partial charge is 0.352 e. The van der Waals surface area contributed by atoms with E-state index in [9.17, 15) is 14.9 Å². The first kappa shape index (κ1) is 19.3.